The molecule has 0 aliphatic heterocycles. The summed E-state index contributed by atoms with van der Waals surface area (Å²) in [6.45, 7) is 13.4. The minimum Gasteiger partial charge on any atom is -0.400 e. The van der Waals surface area contributed by atoms with Crippen molar-refractivity contribution in [1.82, 2.24) is 0 Å². The van der Waals surface area contributed by atoms with Crippen LogP contribution in [0.4, 0.5) is 0 Å². The number of hydrogen-bond donors (Lipinski definition) is 0. The molecule has 0 aliphatic carbocycles. The molecule has 0 bridgehead atoms. The maximum atomic E-state index is 5.42. The fraction of sp³-hybridized carbons (Fsp3) is 0.846. The van der Waals surface area contributed by atoms with E-state index in [0.29, 0.717) is 26.4 Å². The molecule has 6 nitrogen and oxygen atoms in total. The van der Waals surface area contributed by atoms with E-state index in [1.54, 1.807) is 14.2 Å². The van der Waals surface area contributed by atoms with Crippen molar-refractivity contribution in [2.45, 2.75) is 33.7 Å². The van der Waals surface area contributed by atoms with Crippen molar-refractivity contribution < 1.29 is 26.6 Å². The van der Waals surface area contributed by atoms with Gasteiger partial charge in [0.25, 0.3) is 0 Å². The van der Waals surface area contributed by atoms with Crippen LogP contribution in [0, 0.1) is 0 Å². The van der Waals surface area contributed by atoms with E-state index in [0.717, 1.165) is 6.04 Å². The fourth-order valence-electron chi connectivity index (χ4n) is 1.38. The van der Waals surface area contributed by atoms with Crippen molar-refractivity contribution in [3.05, 3.63) is 12.7 Å². The molecule has 0 unspecified atom stereocenters. The van der Waals surface area contributed by atoms with Crippen LogP contribution in [0.25, 0.3) is 0 Å². The Morgan fingerprint density at radius 3 is 1.29 bits per heavy atom. The normalized spacial score (nSPS) is 11.2. The first kappa shape index (κ1) is 23.2. The Morgan fingerprint density at radius 2 is 1.14 bits per heavy atom. The lowest BCUT2D eigenvalue weighted by Gasteiger charge is -2.26. The summed E-state index contributed by atoms with van der Waals surface area (Å²) >= 11 is 0. The van der Waals surface area contributed by atoms with Crippen molar-refractivity contribution in [3.8, 4) is 0 Å². The van der Waals surface area contributed by atoms with Crippen molar-refractivity contribution in [1.29, 1.82) is 0 Å². The topological polar surface area (TPSA) is 55.4 Å². The van der Waals surface area contributed by atoms with Gasteiger partial charge in [0.15, 0.2) is 0 Å². The van der Waals surface area contributed by atoms with Gasteiger partial charge in [-0.3, -0.25) is 0 Å². The zero-order chi connectivity index (χ0) is 16.6. The van der Waals surface area contributed by atoms with Crippen molar-refractivity contribution in [2.75, 3.05) is 40.6 Å². The van der Waals surface area contributed by atoms with Crippen molar-refractivity contribution >= 4 is 18.3 Å². The molecule has 0 aromatic rings. The Morgan fingerprint density at radius 1 is 0.810 bits per heavy atom. The Bertz CT molecular complexity index is 197. The molecule has 21 heavy (non-hydrogen) atoms. The first-order valence-electron chi connectivity index (χ1n) is 7.31. The predicted octanol–water partition coefficient (Wildman–Crippen LogP) is 2.25. The van der Waals surface area contributed by atoms with E-state index in [1.165, 1.54) is 0 Å². The van der Waals surface area contributed by atoms with Crippen LogP contribution >= 0.6 is 0 Å². The van der Waals surface area contributed by atoms with Crippen LogP contribution in [0.1, 0.15) is 27.7 Å². The van der Waals surface area contributed by atoms with Gasteiger partial charge in [-0.05, 0) is 27.7 Å². The molecule has 0 rings (SSSR count). The zero-order valence-electron chi connectivity index (χ0n) is 14.3. The third kappa shape index (κ3) is 12.2. The molecule has 0 fully saturated rings. The summed E-state index contributed by atoms with van der Waals surface area (Å²) in [5, 5.41) is 0. The third-order valence-corrected chi connectivity index (χ3v) is 6.51. The molecule has 0 amide bonds. The molecule has 0 aliphatic rings. The van der Waals surface area contributed by atoms with E-state index in [-0.39, 0.29) is 0 Å². The van der Waals surface area contributed by atoms with Crippen LogP contribution in [0.2, 0.25) is 6.04 Å². The molecule has 0 heterocycles. The van der Waals surface area contributed by atoms with E-state index in [1.807, 2.05) is 33.8 Å². The summed E-state index contributed by atoms with van der Waals surface area (Å²) in [6.07, 6.45) is 1.82. The lowest BCUT2D eigenvalue weighted by Crippen LogP contribution is -2.49. The molecule has 128 valence electrons. The van der Waals surface area contributed by atoms with E-state index < -0.39 is 18.3 Å². The number of hydrogen-bond acceptors (Lipinski definition) is 6. The van der Waals surface area contributed by atoms with E-state index in [4.69, 9.17) is 26.6 Å². The van der Waals surface area contributed by atoms with Crippen LogP contribution in [0.15, 0.2) is 12.7 Å². The van der Waals surface area contributed by atoms with E-state index >= 15 is 0 Å². The van der Waals surface area contributed by atoms with E-state index in [2.05, 4.69) is 6.58 Å². The van der Waals surface area contributed by atoms with Crippen LogP contribution in [-0.4, -0.2) is 59.0 Å². The molecule has 0 atom stereocenters. The van der Waals surface area contributed by atoms with Gasteiger partial charge in [0.1, 0.15) is 0 Å². The average molecular weight is 341 g/mol. The van der Waals surface area contributed by atoms with Crippen LogP contribution < -0.4 is 0 Å². The van der Waals surface area contributed by atoms with Gasteiger partial charge in [0.05, 0.1) is 0 Å². The second kappa shape index (κ2) is 16.3. The summed E-state index contributed by atoms with van der Waals surface area (Å²) in [5.41, 5.74) is 0. The maximum Gasteiger partial charge on any atom is 0.679 e. The average Bonchev–Trinajstić information content (AvgIpc) is 2.46. The van der Waals surface area contributed by atoms with Crippen LogP contribution in [0.3, 0.4) is 0 Å². The number of allylic oxidation sites excluding steroid dienone is 1. The minimum absolute atomic E-state index is 0.548. The van der Waals surface area contributed by atoms with Gasteiger partial charge in [-0.1, -0.05) is 6.08 Å². The highest BCUT2D eigenvalue weighted by atomic mass is 28.4. The molecule has 0 saturated heterocycles. The molecular weight excluding hydrogens is 308 g/mol. The van der Waals surface area contributed by atoms with Gasteiger partial charge in [-0.15, -0.1) is 6.58 Å². The first-order valence-corrected chi connectivity index (χ1v) is 10.7. The molecule has 0 saturated carbocycles. The standard InChI is InChI=1S/C8H20O4Si.C5H12O2Si/c1-5-9-13(10-6-2,11-7-3)12-8-4;1-4-5-8(6-2)7-3/h5-8H2,1-4H3;4,8H,1,5H2,2-3H3. The maximum absolute atomic E-state index is 5.42. The first-order chi connectivity index (χ1) is 10.1. The van der Waals surface area contributed by atoms with Gasteiger partial charge < -0.3 is 26.6 Å². The van der Waals surface area contributed by atoms with Gasteiger partial charge in [0.2, 0.25) is 0 Å². The molecule has 0 N–H and O–H groups in total. The monoisotopic (exact) mass is 340 g/mol. The van der Waals surface area contributed by atoms with Crippen molar-refractivity contribution in [3.63, 3.8) is 0 Å². The smallest absolute Gasteiger partial charge is 0.400 e. The Labute approximate surface area is 132 Å². The fourth-order valence-corrected chi connectivity index (χ4v) is 4.15. The highest BCUT2D eigenvalue weighted by Crippen LogP contribution is 2.11. The highest BCUT2D eigenvalue weighted by molar-refractivity contribution is 6.53. The second-order valence-electron chi connectivity index (χ2n) is 3.66. The summed E-state index contributed by atoms with van der Waals surface area (Å²) in [7, 11) is -0.765. The lowest BCUT2D eigenvalue weighted by atomic mass is 10.8. The second-order valence-corrected chi connectivity index (χ2v) is 8.09. The Hall–Kier alpha value is -0.0662. The Kier molecular flexibility index (Phi) is 18.0. The quantitative estimate of drug-likeness (QED) is 0.401. The third-order valence-electron chi connectivity index (χ3n) is 2.17. The summed E-state index contributed by atoms with van der Waals surface area (Å²) in [5.74, 6) is 0. The molecule has 0 aromatic heterocycles. The number of rotatable bonds is 12. The molecule has 0 spiro atoms. The largest absolute Gasteiger partial charge is 0.679 e. The Balaban J connectivity index is 0. The van der Waals surface area contributed by atoms with Gasteiger partial charge >= 0.3 is 18.3 Å². The molecule has 0 aromatic carbocycles. The van der Waals surface area contributed by atoms with Gasteiger partial charge in [-0.2, -0.15) is 0 Å². The van der Waals surface area contributed by atoms with Crippen LogP contribution in [0.5, 0.6) is 0 Å². The predicted molar refractivity (Wildman–Crippen MR) is 88.4 cm³/mol. The lowest BCUT2D eigenvalue weighted by molar-refractivity contribution is -0.0247. The molecule has 8 heteroatoms. The van der Waals surface area contributed by atoms with Crippen molar-refractivity contribution in [2.24, 2.45) is 0 Å². The van der Waals surface area contributed by atoms with Gasteiger partial charge in [-0.25, -0.2) is 0 Å². The molecular formula is C13H32O6Si2. The SMILES string of the molecule is C=CC[SiH](OC)OC.CCO[Si](OCC)(OCC)OCC. The summed E-state index contributed by atoms with van der Waals surface area (Å²) in [4.78, 5) is 0. The van der Waals surface area contributed by atoms with Crippen LogP contribution in [-0.2, 0) is 26.6 Å². The summed E-state index contributed by atoms with van der Waals surface area (Å²) < 4.78 is 31.7. The van der Waals surface area contributed by atoms with E-state index in [9.17, 15) is 0 Å². The highest BCUT2D eigenvalue weighted by Gasteiger charge is 2.44. The van der Waals surface area contributed by atoms with Gasteiger partial charge in [0, 0.05) is 46.7 Å². The zero-order valence-corrected chi connectivity index (χ0v) is 16.5. The molecule has 0 radical (unpaired) electrons. The minimum atomic E-state index is -2.80. The summed E-state index contributed by atoms with van der Waals surface area (Å²) in [6, 6.07) is 0.882.